The molecule has 0 aliphatic heterocycles. The Bertz CT molecular complexity index is 167. The van der Waals surface area contributed by atoms with Gasteiger partial charge in [-0.2, -0.15) is 0 Å². The van der Waals surface area contributed by atoms with Gasteiger partial charge in [-0.15, -0.1) is 0 Å². The quantitative estimate of drug-likeness (QED) is 0.713. The van der Waals surface area contributed by atoms with Crippen LogP contribution in [-0.4, -0.2) is 13.1 Å². The van der Waals surface area contributed by atoms with Crippen LogP contribution in [0.3, 0.4) is 0 Å². The van der Waals surface area contributed by atoms with Gasteiger partial charge >= 0.3 is 0 Å². The zero-order valence-corrected chi connectivity index (χ0v) is 11.8. The summed E-state index contributed by atoms with van der Waals surface area (Å²) in [7, 11) is 2.17. The molecule has 0 heterocycles. The zero-order chi connectivity index (χ0) is 12.0. The van der Waals surface area contributed by atoms with E-state index in [2.05, 4.69) is 33.1 Å². The lowest BCUT2D eigenvalue weighted by molar-refractivity contribution is 0.138. The first kappa shape index (κ1) is 14.0. The van der Waals surface area contributed by atoms with Crippen molar-refractivity contribution in [3.8, 4) is 0 Å². The lowest BCUT2D eigenvalue weighted by atomic mass is 9.70. The van der Waals surface area contributed by atoms with Gasteiger partial charge in [0.25, 0.3) is 0 Å². The standard InChI is InChI=1S/C15H31N/c1-5-12(6-2)15(16-4)14-11-9-8-10-13(14)7-3/h12-16H,5-11H2,1-4H3. The van der Waals surface area contributed by atoms with Crippen LogP contribution in [0.4, 0.5) is 0 Å². The van der Waals surface area contributed by atoms with Gasteiger partial charge in [0.2, 0.25) is 0 Å². The van der Waals surface area contributed by atoms with E-state index >= 15 is 0 Å². The Morgan fingerprint density at radius 2 is 1.69 bits per heavy atom. The van der Waals surface area contributed by atoms with Crippen molar-refractivity contribution in [1.82, 2.24) is 5.32 Å². The van der Waals surface area contributed by atoms with Crippen LogP contribution in [0, 0.1) is 17.8 Å². The predicted octanol–water partition coefficient (Wildman–Crippen LogP) is 4.23. The maximum Gasteiger partial charge on any atom is 0.0123 e. The molecule has 96 valence electrons. The molecule has 1 aliphatic rings. The molecule has 3 atom stereocenters. The summed E-state index contributed by atoms with van der Waals surface area (Å²) in [6.07, 6.45) is 9.89. The Kier molecular flexibility index (Phi) is 6.41. The predicted molar refractivity (Wildman–Crippen MR) is 72.7 cm³/mol. The van der Waals surface area contributed by atoms with Gasteiger partial charge in [-0.25, -0.2) is 0 Å². The molecule has 0 bridgehead atoms. The molecule has 1 aliphatic carbocycles. The van der Waals surface area contributed by atoms with E-state index in [0.717, 1.165) is 23.8 Å². The van der Waals surface area contributed by atoms with E-state index in [9.17, 15) is 0 Å². The Balaban J connectivity index is 2.67. The van der Waals surface area contributed by atoms with E-state index in [4.69, 9.17) is 0 Å². The summed E-state index contributed by atoms with van der Waals surface area (Å²) in [6.45, 7) is 7.08. The highest BCUT2D eigenvalue weighted by atomic mass is 14.9. The van der Waals surface area contributed by atoms with Crippen LogP contribution in [-0.2, 0) is 0 Å². The molecule has 1 fully saturated rings. The molecule has 1 nitrogen and oxygen atoms in total. The number of hydrogen-bond donors (Lipinski definition) is 1. The second kappa shape index (κ2) is 7.32. The van der Waals surface area contributed by atoms with Crippen LogP contribution in [0.15, 0.2) is 0 Å². The van der Waals surface area contributed by atoms with Gasteiger partial charge in [0.15, 0.2) is 0 Å². The molecule has 0 saturated heterocycles. The molecule has 0 spiro atoms. The first-order chi connectivity index (χ1) is 7.78. The summed E-state index contributed by atoms with van der Waals surface area (Å²) in [5, 5.41) is 3.64. The van der Waals surface area contributed by atoms with E-state index in [-0.39, 0.29) is 0 Å². The molecule has 0 amide bonds. The molecule has 1 heteroatoms. The van der Waals surface area contributed by atoms with Gasteiger partial charge < -0.3 is 5.32 Å². The monoisotopic (exact) mass is 225 g/mol. The average Bonchev–Trinajstić information content (AvgIpc) is 2.35. The highest BCUT2D eigenvalue weighted by molar-refractivity contribution is 4.87. The first-order valence-electron chi connectivity index (χ1n) is 7.45. The van der Waals surface area contributed by atoms with E-state index in [1.807, 2.05) is 0 Å². The van der Waals surface area contributed by atoms with Gasteiger partial charge in [-0.3, -0.25) is 0 Å². The summed E-state index contributed by atoms with van der Waals surface area (Å²) < 4.78 is 0. The molecule has 0 aromatic rings. The van der Waals surface area contributed by atoms with Gasteiger partial charge in [0.1, 0.15) is 0 Å². The van der Waals surface area contributed by atoms with Crippen molar-refractivity contribution in [2.45, 2.75) is 71.8 Å². The first-order valence-corrected chi connectivity index (χ1v) is 7.45. The minimum absolute atomic E-state index is 0.764. The van der Waals surface area contributed by atoms with Crippen molar-refractivity contribution in [3.05, 3.63) is 0 Å². The van der Waals surface area contributed by atoms with Crippen LogP contribution in [0.1, 0.15) is 65.7 Å². The van der Waals surface area contributed by atoms with E-state index in [1.54, 1.807) is 0 Å². The zero-order valence-electron chi connectivity index (χ0n) is 11.8. The Hall–Kier alpha value is -0.0400. The maximum atomic E-state index is 3.64. The van der Waals surface area contributed by atoms with Crippen LogP contribution in [0.2, 0.25) is 0 Å². The molecule has 1 saturated carbocycles. The summed E-state index contributed by atoms with van der Waals surface area (Å²) in [5.74, 6) is 2.79. The highest BCUT2D eigenvalue weighted by Gasteiger charge is 2.33. The third-order valence-electron chi connectivity index (χ3n) is 4.84. The van der Waals surface area contributed by atoms with E-state index < -0.39 is 0 Å². The number of hydrogen-bond acceptors (Lipinski definition) is 1. The lowest BCUT2D eigenvalue weighted by Gasteiger charge is -2.40. The summed E-state index contributed by atoms with van der Waals surface area (Å²) in [5.41, 5.74) is 0. The average molecular weight is 225 g/mol. The summed E-state index contributed by atoms with van der Waals surface area (Å²) in [4.78, 5) is 0. The van der Waals surface area contributed by atoms with Crippen molar-refractivity contribution in [2.75, 3.05) is 7.05 Å². The van der Waals surface area contributed by atoms with Crippen molar-refractivity contribution >= 4 is 0 Å². The second-order valence-electron chi connectivity index (χ2n) is 5.51. The van der Waals surface area contributed by atoms with Gasteiger partial charge in [-0.05, 0) is 31.2 Å². The molecule has 16 heavy (non-hydrogen) atoms. The second-order valence-corrected chi connectivity index (χ2v) is 5.51. The number of nitrogens with one attached hydrogen (secondary N) is 1. The Labute approximate surface area is 102 Å². The van der Waals surface area contributed by atoms with Crippen LogP contribution < -0.4 is 5.32 Å². The normalized spacial score (nSPS) is 28.3. The fourth-order valence-corrected chi connectivity index (χ4v) is 3.81. The topological polar surface area (TPSA) is 12.0 Å². The fraction of sp³-hybridized carbons (Fsp3) is 1.00. The smallest absolute Gasteiger partial charge is 0.0123 e. The number of rotatable bonds is 6. The molecular formula is C15H31N. The van der Waals surface area contributed by atoms with E-state index in [1.165, 1.54) is 44.9 Å². The van der Waals surface area contributed by atoms with Crippen LogP contribution >= 0.6 is 0 Å². The van der Waals surface area contributed by atoms with E-state index in [0.29, 0.717) is 0 Å². The molecular weight excluding hydrogens is 194 g/mol. The van der Waals surface area contributed by atoms with Crippen LogP contribution in [0.25, 0.3) is 0 Å². The fourth-order valence-electron chi connectivity index (χ4n) is 3.81. The maximum absolute atomic E-state index is 3.64. The molecule has 0 aromatic heterocycles. The van der Waals surface area contributed by atoms with Crippen molar-refractivity contribution in [2.24, 2.45) is 17.8 Å². The van der Waals surface area contributed by atoms with Gasteiger partial charge in [0.05, 0.1) is 0 Å². The minimum atomic E-state index is 0.764. The van der Waals surface area contributed by atoms with Crippen molar-refractivity contribution < 1.29 is 0 Å². The Morgan fingerprint density at radius 3 is 2.19 bits per heavy atom. The molecule has 3 unspecified atom stereocenters. The largest absolute Gasteiger partial charge is 0.316 e. The SMILES string of the molecule is CCC1CCCCC1C(NC)C(CC)CC. The minimum Gasteiger partial charge on any atom is -0.316 e. The summed E-state index contributed by atoms with van der Waals surface area (Å²) >= 11 is 0. The van der Waals surface area contributed by atoms with Gasteiger partial charge in [0, 0.05) is 6.04 Å². The molecule has 0 radical (unpaired) electrons. The molecule has 1 rings (SSSR count). The lowest BCUT2D eigenvalue weighted by Crippen LogP contribution is -2.44. The third-order valence-corrected chi connectivity index (χ3v) is 4.84. The summed E-state index contributed by atoms with van der Waals surface area (Å²) in [6, 6.07) is 0.764. The Morgan fingerprint density at radius 1 is 1.06 bits per heavy atom. The van der Waals surface area contributed by atoms with Gasteiger partial charge in [-0.1, -0.05) is 59.3 Å². The highest BCUT2D eigenvalue weighted by Crippen LogP contribution is 2.37. The molecule has 0 aromatic carbocycles. The van der Waals surface area contributed by atoms with Crippen LogP contribution in [0.5, 0.6) is 0 Å². The third kappa shape index (κ3) is 3.23. The molecule has 1 N–H and O–H groups in total. The van der Waals surface area contributed by atoms with Crippen molar-refractivity contribution in [1.29, 1.82) is 0 Å². The van der Waals surface area contributed by atoms with Crippen molar-refractivity contribution in [3.63, 3.8) is 0 Å².